The van der Waals surface area contributed by atoms with E-state index in [1.54, 1.807) is 6.92 Å². The van der Waals surface area contributed by atoms with E-state index in [9.17, 15) is 19.5 Å². The maximum absolute atomic E-state index is 12.1. The lowest BCUT2D eigenvalue weighted by Crippen LogP contribution is -2.63. The molecule has 1 heterocycles. The van der Waals surface area contributed by atoms with E-state index in [4.69, 9.17) is 4.74 Å². The van der Waals surface area contributed by atoms with Gasteiger partial charge in [-0.15, -0.1) is 0 Å². The summed E-state index contributed by atoms with van der Waals surface area (Å²) in [4.78, 5) is 34.8. The molecule has 1 unspecified atom stereocenters. The highest BCUT2D eigenvalue weighted by Gasteiger charge is 2.48. The van der Waals surface area contributed by atoms with Gasteiger partial charge in [-0.25, -0.2) is 0 Å². The second-order valence-electron chi connectivity index (χ2n) is 5.94. The van der Waals surface area contributed by atoms with Crippen LogP contribution in [-0.2, 0) is 19.1 Å². The molecule has 0 aromatic rings. The van der Waals surface area contributed by atoms with Crippen LogP contribution in [0.5, 0.6) is 0 Å². The van der Waals surface area contributed by atoms with Gasteiger partial charge < -0.3 is 20.5 Å². The van der Waals surface area contributed by atoms with Crippen molar-refractivity contribution in [2.75, 3.05) is 0 Å². The molecule has 2 rings (SSSR count). The van der Waals surface area contributed by atoms with E-state index in [1.165, 1.54) is 6.92 Å². The van der Waals surface area contributed by atoms with Crippen molar-refractivity contribution in [3.8, 4) is 0 Å². The summed E-state index contributed by atoms with van der Waals surface area (Å²) in [5.41, 5.74) is 0. The molecule has 0 spiro atoms. The topological polar surface area (TPSA) is 105 Å². The molecule has 1 aliphatic heterocycles. The first kappa shape index (κ1) is 15.9. The molecular weight excluding hydrogens is 276 g/mol. The molecule has 118 valence electrons. The summed E-state index contributed by atoms with van der Waals surface area (Å²) >= 11 is 0. The van der Waals surface area contributed by atoms with Crippen molar-refractivity contribution in [1.29, 1.82) is 0 Å². The number of fused-ring (bicyclic) bond motifs is 2. The lowest BCUT2D eigenvalue weighted by Gasteiger charge is -2.47. The van der Waals surface area contributed by atoms with Gasteiger partial charge in [0, 0.05) is 25.7 Å². The van der Waals surface area contributed by atoms with E-state index in [-0.39, 0.29) is 42.5 Å². The zero-order chi connectivity index (χ0) is 15.7. The normalized spacial score (nSPS) is 36.8. The molecular formula is C14H22N2O5. The fourth-order valence-electron chi connectivity index (χ4n) is 3.15. The van der Waals surface area contributed by atoms with Crippen LogP contribution >= 0.6 is 0 Å². The number of aliphatic hydroxyl groups is 1. The second-order valence-corrected chi connectivity index (χ2v) is 5.94. The molecule has 2 bridgehead atoms. The number of carbonyl (C=O) groups excluding carboxylic acids is 3. The van der Waals surface area contributed by atoms with E-state index >= 15 is 0 Å². The largest absolute Gasteiger partial charge is 0.390 e. The van der Waals surface area contributed by atoms with Gasteiger partial charge in [0.05, 0.1) is 24.4 Å². The number of carbonyl (C=O) groups is 3. The Balaban J connectivity index is 2.05. The van der Waals surface area contributed by atoms with Gasteiger partial charge in [-0.2, -0.15) is 0 Å². The molecule has 2 aliphatic rings. The van der Waals surface area contributed by atoms with Gasteiger partial charge in [-0.1, -0.05) is 0 Å². The number of aliphatic hydroxyl groups excluding tert-OH is 1. The van der Waals surface area contributed by atoms with Gasteiger partial charge in [-0.05, 0) is 13.8 Å². The zero-order valence-electron chi connectivity index (χ0n) is 12.5. The number of ketones is 1. The van der Waals surface area contributed by atoms with E-state index in [0.29, 0.717) is 0 Å². The third-order valence-electron chi connectivity index (χ3n) is 4.19. The monoisotopic (exact) mass is 298 g/mol. The minimum absolute atomic E-state index is 0.0383. The van der Waals surface area contributed by atoms with E-state index in [2.05, 4.69) is 10.6 Å². The molecule has 21 heavy (non-hydrogen) atoms. The maximum Gasteiger partial charge on any atom is 0.242 e. The van der Waals surface area contributed by atoms with Crippen molar-refractivity contribution >= 4 is 17.6 Å². The summed E-state index contributed by atoms with van der Waals surface area (Å²) in [7, 11) is 0. The first-order valence-electron chi connectivity index (χ1n) is 7.22. The molecule has 0 aromatic carbocycles. The summed E-state index contributed by atoms with van der Waals surface area (Å²) in [5.74, 6) is -0.947. The van der Waals surface area contributed by atoms with Gasteiger partial charge >= 0.3 is 0 Å². The van der Waals surface area contributed by atoms with Crippen LogP contribution in [0.4, 0.5) is 0 Å². The van der Waals surface area contributed by atoms with Crippen molar-refractivity contribution < 1.29 is 24.2 Å². The van der Waals surface area contributed by atoms with Crippen LogP contribution in [0.3, 0.4) is 0 Å². The second kappa shape index (κ2) is 6.11. The Morgan fingerprint density at radius 3 is 2.67 bits per heavy atom. The lowest BCUT2D eigenvalue weighted by atomic mass is 9.75. The first-order chi connectivity index (χ1) is 9.79. The molecule has 1 aliphatic carbocycles. The summed E-state index contributed by atoms with van der Waals surface area (Å²) in [5, 5.41) is 15.5. The highest BCUT2D eigenvalue weighted by Crippen LogP contribution is 2.35. The van der Waals surface area contributed by atoms with Crippen molar-refractivity contribution in [3.63, 3.8) is 0 Å². The molecule has 6 atom stereocenters. The molecule has 1 saturated heterocycles. The van der Waals surface area contributed by atoms with Gasteiger partial charge in [0.15, 0.2) is 0 Å². The fraction of sp³-hybridized carbons (Fsp3) is 0.786. The third-order valence-corrected chi connectivity index (χ3v) is 4.19. The summed E-state index contributed by atoms with van der Waals surface area (Å²) in [6.07, 6.45) is -1.05. The highest BCUT2D eigenvalue weighted by atomic mass is 16.5. The zero-order valence-corrected chi connectivity index (χ0v) is 12.5. The standard InChI is InChI=1S/C14H22N2O5/c1-6(15-8(3)17)14(20)16-12-7(2)21-11-5-9(18)4-10(12)13(11)19/h6-7,10-13,19H,4-5H2,1-3H3,(H,15,17)(H,16,20)/t6-,7+,10+,11+,12-,13?/m0/s1. The SMILES string of the molecule is CC(=O)N[C@@H](C)C(=O)N[C@H]1[C@@H](C)O[C@@H]2CC(=O)C[C@H]1C2O. The Morgan fingerprint density at radius 2 is 2.05 bits per heavy atom. The van der Waals surface area contributed by atoms with Crippen molar-refractivity contribution in [1.82, 2.24) is 10.6 Å². The van der Waals surface area contributed by atoms with Crippen molar-refractivity contribution in [3.05, 3.63) is 0 Å². The van der Waals surface area contributed by atoms with Crippen LogP contribution < -0.4 is 10.6 Å². The maximum atomic E-state index is 12.1. The van der Waals surface area contributed by atoms with Gasteiger partial charge in [0.1, 0.15) is 11.8 Å². The van der Waals surface area contributed by atoms with Gasteiger partial charge in [0.25, 0.3) is 0 Å². The number of hydrogen-bond acceptors (Lipinski definition) is 5. The summed E-state index contributed by atoms with van der Waals surface area (Å²) in [6.45, 7) is 4.73. The molecule has 2 amide bonds. The first-order valence-corrected chi connectivity index (χ1v) is 7.22. The highest BCUT2D eigenvalue weighted by molar-refractivity contribution is 5.87. The Bertz CT molecular complexity index is 453. The number of nitrogens with one attached hydrogen (secondary N) is 2. The number of rotatable bonds is 3. The Hall–Kier alpha value is -1.47. The summed E-state index contributed by atoms with van der Waals surface area (Å²) < 4.78 is 5.64. The molecule has 7 heteroatoms. The quantitative estimate of drug-likeness (QED) is 0.628. The van der Waals surface area contributed by atoms with Gasteiger partial charge in [0.2, 0.25) is 11.8 Å². The summed E-state index contributed by atoms with van der Waals surface area (Å²) in [6, 6.07) is -1.12. The van der Waals surface area contributed by atoms with E-state index in [1.807, 2.05) is 6.92 Å². The fourth-order valence-corrected chi connectivity index (χ4v) is 3.15. The van der Waals surface area contributed by atoms with Crippen LogP contribution in [-0.4, -0.2) is 53.1 Å². The van der Waals surface area contributed by atoms with Crippen LogP contribution in [0.15, 0.2) is 0 Å². The molecule has 7 nitrogen and oxygen atoms in total. The number of hydrogen-bond donors (Lipinski definition) is 3. The number of Topliss-reactive ketones (excluding diaryl/α,β-unsaturated/α-hetero) is 1. The molecule has 1 saturated carbocycles. The molecule has 2 fully saturated rings. The third kappa shape index (κ3) is 3.41. The van der Waals surface area contributed by atoms with Gasteiger partial charge in [-0.3, -0.25) is 14.4 Å². The van der Waals surface area contributed by atoms with Crippen LogP contribution in [0.25, 0.3) is 0 Å². The minimum Gasteiger partial charge on any atom is -0.390 e. The predicted molar refractivity (Wildman–Crippen MR) is 73.3 cm³/mol. The van der Waals surface area contributed by atoms with Crippen molar-refractivity contribution in [2.24, 2.45) is 5.92 Å². The average molecular weight is 298 g/mol. The smallest absolute Gasteiger partial charge is 0.242 e. The Labute approximate surface area is 123 Å². The van der Waals surface area contributed by atoms with E-state index < -0.39 is 24.3 Å². The predicted octanol–water partition coefficient (Wildman–Crippen LogP) is -0.877. The number of ether oxygens (including phenoxy) is 1. The van der Waals surface area contributed by atoms with Crippen molar-refractivity contribution in [2.45, 2.75) is 64.0 Å². The molecule has 3 N–H and O–H groups in total. The number of amides is 2. The van der Waals surface area contributed by atoms with Crippen LogP contribution in [0.1, 0.15) is 33.6 Å². The Kier molecular flexibility index (Phi) is 4.63. The lowest BCUT2D eigenvalue weighted by molar-refractivity contribution is -0.180. The van der Waals surface area contributed by atoms with Crippen LogP contribution in [0, 0.1) is 5.92 Å². The molecule has 0 aromatic heterocycles. The minimum atomic E-state index is -0.750. The molecule has 0 radical (unpaired) electrons. The Morgan fingerprint density at radius 1 is 1.38 bits per heavy atom. The average Bonchev–Trinajstić information content (AvgIpc) is 2.36. The van der Waals surface area contributed by atoms with E-state index in [0.717, 1.165) is 0 Å². The van der Waals surface area contributed by atoms with Crippen LogP contribution in [0.2, 0.25) is 0 Å².